The van der Waals surface area contributed by atoms with Crippen molar-refractivity contribution in [3.63, 3.8) is 0 Å². The van der Waals surface area contributed by atoms with Crippen LogP contribution in [0.2, 0.25) is 0 Å². The summed E-state index contributed by atoms with van der Waals surface area (Å²) in [4.78, 5) is 10.0. The molecule has 0 aliphatic rings. The minimum absolute atomic E-state index is 0. The van der Waals surface area contributed by atoms with Gasteiger partial charge in [-0.2, -0.15) is 0 Å². The van der Waals surface area contributed by atoms with E-state index in [0.29, 0.717) is 6.42 Å². The van der Waals surface area contributed by atoms with Crippen molar-refractivity contribution in [1.82, 2.24) is 6.15 Å². The second-order valence-corrected chi connectivity index (χ2v) is 2.56. The molecule has 0 rings (SSSR count). The average Bonchev–Trinajstić information content (AvgIpc) is 2.07. The molecule has 0 amide bonds. The molecule has 3 nitrogen and oxygen atoms in total. The van der Waals surface area contributed by atoms with Crippen molar-refractivity contribution in [3.8, 4) is 0 Å². The first kappa shape index (κ1) is 18.1. The molecule has 80 valence electrons. The van der Waals surface area contributed by atoms with Gasteiger partial charge in [0.15, 0.2) is 0 Å². The van der Waals surface area contributed by atoms with Crippen LogP contribution in [-0.4, -0.2) is 11.1 Å². The number of carbonyl (C=O) groups is 1. The van der Waals surface area contributed by atoms with Crippen molar-refractivity contribution in [2.45, 2.75) is 45.4 Å². The fourth-order valence-electron chi connectivity index (χ4n) is 0.880. The van der Waals surface area contributed by atoms with Gasteiger partial charge in [0, 0.05) is 6.42 Å². The lowest BCUT2D eigenvalue weighted by atomic mass is 10.1. The Morgan fingerprint density at radius 1 is 1.15 bits per heavy atom. The summed E-state index contributed by atoms with van der Waals surface area (Å²) in [5.41, 5.74) is 0. The van der Waals surface area contributed by atoms with Gasteiger partial charge in [-0.3, -0.25) is 4.79 Å². The van der Waals surface area contributed by atoms with E-state index >= 15 is 0 Å². The monoisotopic (exact) mass is 189 g/mol. The van der Waals surface area contributed by atoms with Gasteiger partial charge < -0.3 is 11.3 Å². The van der Waals surface area contributed by atoms with E-state index in [1.165, 1.54) is 19.3 Å². The number of aliphatic carboxylic acids is 1. The zero-order valence-electron chi connectivity index (χ0n) is 8.72. The molecule has 13 heavy (non-hydrogen) atoms. The molecule has 3 heteroatoms. The van der Waals surface area contributed by atoms with Crippen LogP contribution < -0.4 is 6.15 Å². The molecule has 4 N–H and O–H groups in total. The highest BCUT2D eigenvalue weighted by atomic mass is 16.4. The van der Waals surface area contributed by atoms with Gasteiger partial charge in [0.05, 0.1) is 0 Å². The molecule has 0 radical (unpaired) electrons. The summed E-state index contributed by atoms with van der Waals surface area (Å²) in [6.07, 6.45) is 5.88. The van der Waals surface area contributed by atoms with Crippen molar-refractivity contribution in [1.29, 1.82) is 0 Å². The third-order valence-corrected chi connectivity index (χ3v) is 1.49. The lowest BCUT2D eigenvalue weighted by Crippen LogP contribution is -1.93. The molecular weight excluding hydrogens is 166 g/mol. The number of carboxylic acids is 1. The summed E-state index contributed by atoms with van der Waals surface area (Å²) in [6, 6.07) is 0. The Kier molecular flexibility index (Phi) is 24.0. The molecule has 0 aromatic heterocycles. The normalized spacial score (nSPS) is 7.77. The molecule has 0 atom stereocenters. The summed E-state index contributed by atoms with van der Waals surface area (Å²) in [5, 5.41) is 8.27. The fraction of sp³-hybridized carbons (Fsp3) is 0.700. The Bertz CT molecular complexity index is 105. The Labute approximate surface area is 81.4 Å². The Morgan fingerprint density at radius 2 is 1.62 bits per heavy atom. The van der Waals surface area contributed by atoms with Crippen LogP contribution in [0.15, 0.2) is 13.2 Å². The van der Waals surface area contributed by atoms with Gasteiger partial charge >= 0.3 is 5.97 Å². The summed E-state index contributed by atoms with van der Waals surface area (Å²) >= 11 is 0. The summed E-state index contributed by atoms with van der Waals surface area (Å²) < 4.78 is 0. The molecule has 0 aliphatic carbocycles. The van der Waals surface area contributed by atoms with Gasteiger partial charge in [-0.15, -0.1) is 13.2 Å². The molecule has 0 saturated carbocycles. The zero-order chi connectivity index (χ0) is 9.82. The van der Waals surface area contributed by atoms with Gasteiger partial charge in [0.25, 0.3) is 0 Å². The minimum Gasteiger partial charge on any atom is -0.481 e. The molecule has 0 saturated heterocycles. The summed E-state index contributed by atoms with van der Waals surface area (Å²) in [7, 11) is 0. The Morgan fingerprint density at radius 3 is 2.00 bits per heavy atom. The van der Waals surface area contributed by atoms with E-state index < -0.39 is 5.97 Å². The molecule has 0 fully saturated rings. The van der Waals surface area contributed by atoms with Crippen LogP contribution in [0.4, 0.5) is 0 Å². The van der Waals surface area contributed by atoms with E-state index in [9.17, 15) is 4.79 Å². The molecule has 0 aromatic rings. The predicted molar refractivity (Wildman–Crippen MR) is 57.3 cm³/mol. The summed E-state index contributed by atoms with van der Waals surface area (Å²) in [6.45, 7) is 8.15. The van der Waals surface area contributed by atoms with E-state index in [1.54, 1.807) is 0 Å². The van der Waals surface area contributed by atoms with Crippen LogP contribution >= 0.6 is 0 Å². The van der Waals surface area contributed by atoms with Crippen molar-refractivity contribution in [2.24, 2.45) is 0 Å². The van der Waals surface area contributed by atoms with Crippen molar-refractivity contribution in [3.05, 3.63) is 13.2 Å². The standard InChI is InChI=1S/C8H16O2.C2H4.H3N/c1-2-3-4-5-6-7-8(9)10;1-2;/h2-7H2,1H3,(H,9,10);1-2H2;1H3. The second kappa shape index (κ2) is 17.3. The largest absolute Gasteiger partial charge is 0.481 e. The van der Waals surface area contributed by atoms with Crippen molar-refractivity contribution >= 4 is 5.97 Å². The van der Waals surface area contributed by atoms with Crippen LogP contribution in [0.1, 0.15) is 45.4 Å². The molecule has 0 aliphatic heterocycles. The van der Waals surface area contributed by atoms with Crippen LogP contribution in [0.5, 0.6) is 0 Å². The van der Waals surface area contributed by atoms with Crippen LogP contribution in [-0.2, 0) is 4.79 Å². The SMILES string of the molecule is C=C.CCCCCCCC(=O)O.N. The van der Waals surface area contributed by atoms with Gasteiger partial charge in [-0.05, 0) is 6.42 Å². The summed E-state index contributed by atoms with van der Waals surface area (Å²) in [5.74, 6) is -0.670. The highest BCUT2D eigenvalue weighted by Crippen LogP contribution is 2.04. The Hall–Kier alpha value is -0.830. The number of carboxylic acid groups (broad SMARTS) is 1. The van der Waals surface area contributed by atoms with Gasteiger partial charge in [-0.1, -0.05) is 32.6 Å². The smallest absolute Gasteiger partial charge is 0.303 e. The molecule has 0 heterocycles. The molecule has 0 spiro atoms. The second-order valence-electron chi connectivity index (χ2n) is 2.56. The van der Waals surface area contributed by atoms with E-state index in [-0.39, 0.29) is 6.15 Å². The van der Waals surface area contributed by atoms with E-state index in [1.807, 2.05) is 0 Å². The van der Waals surface area contributed by atoms with Crippen LogP contribution in [0.25, 0.3) is 0 Å². The highest BCUT2D eigenvalue weighted by Gasteiger charge is 1.94. The van der Waals surface area contributed by atoms with Crippen LogP contribution in [0.3, 0.4) is 0 Å². The molecule has 0 aromatic carbocycles. The predicted octanol–water partition coefficient (Wildman–Crippen LogP) is 3.40. The zero-order valence-corrected chi connectivity index (χ0v) is 8.72. The fourth-order valence-corrected chi connectivity index (χ4v) is 0.880. The number of hydrogen-bond acceptors (Lipinski definition) is 2. The van der Waals surface area contributed by atoms with Crippen LogP contribution in [0, 0.1) is 0 Å². The topological polar surface area (TPSA) is 72.3 Å². The molecule has 0 unspecified atom stereocenters. The lowest BCUT2D eigenvalue weighted by molar-refractivity contribution is -0.137. The van der Waals surface area contributed by atoms with Crippen molar-refractivity contribution in [2.75, 3.05) is 0 Å². The Balaban J connectivity index is -0.000000309. The maximum atomic E-state index is 10.0. The molecule has 0 bridgehead atoms. The average molecular weight is 189 g/mol. The maximum Gasteiger partial charge on any atom is 0.303 e. The quantitative estimate of drug-likeness (QED) is 0.497. The number of hydrogen-bond donors (Lipinski definition) is 2. The third kappa shape index (κ3) is 24.7. The third-order valence-electron chi connectivity index (χ3n) is 1.49. The van der Waals surface area contributed by atoms with E-state index in [4.69, 9.17) is 5.11 Å². The first-order chi connectivity index (χ1) is 5.77. The van der Waals surface area contributed by atoms with Gasteiger partial charge in [0.1, 0.15) is 0 Å². The lowest BCUT2D eigenvalue weighted by Gasteiger charge is -1.95. The van der Waals surface area contributed by atoms with Gasteiger partial charge in [-0.25, -0.2) is 0 Å². The minimum atomic E-state index is -0.670. The number of unbranched alkanes of at least 4 members (excludes halogenated alkanes) is 4. The maximum absolute atomic E-state index is 10.0. The van der Waals surface area contributed by atoms with Crippen molar-refractivity contribution < 1.29 is 9.90 Å². The number of rotatable bonds is 6. The molecular formula is C10H23NO2. The first-order valence-corrected chi connectivity index (χ1v) is 4.49. The highest BCUT2D eigenvalue weighted by molar-refractivity contribution is 5.66. The van der Waals surface area contributed by atoms with Gasteiger partial charge in [0.2, 0.25) is 0 Å². The van der Waals surface area contributed by atoms with E-state index in [0.717, 1.165) is 12.8 Å². The first-order valence-electron chi connectivity index (χ1n) is 4.49. The van der Waals surface area contributed by atoms with E-state index in [2.05, 4.69) is 20.1 Å².